The zero-order valence-corrected chi connectivity index (χ0v) is 48.1. The van der Waals surface area contributed by atoms with Gasteiger partial charge in [-0.25, -0.2) is 0 Å². The summed E-state index contributed by atoms with van der Waals surface area (Å²) in [7, 11) is 1.25. The number of phosphoric acid groups is 1. The Labute approximate surface area is 440 Å². The second kappa shape index (κ2) is 52.8. The lowest BCUT2D eigenvalue weighted by atomic mass is 10.0. The molecule has 0 saturated heterocycles. The van der Waals surface area contributed by atoms with Crippen LogP contribution >= 0.6 is 7.82 Å². The summed E-state index contributed by atoms with van der Waals surface area (Å²) in [6, 6.07) is -0.895. The molecule has 0 fully saturated rings. The van der Waals surface area contributed by atoms with Crippen LogP contribution in [0.25, 0.3) is 0 Å². The number of quaternary nitrogens is 1. The number of aliphatic hydroxyl groups is 1. The topological polar surface area (TPSA) is 108 Å². The van der Waals surface area contributed by atoms with Crippen molar-refractivity contribution in [2.24, 2.45) is 0 Å². The molecule has 3 unspecified atom stereocenters. The Morgan fingerprint density at radius 1 is 0.507 bits per heavy atom. The lowest BCUT2D eigenvalue weighted by Gasteiger charge is -2.29. The molecule has 414 valence electrons. The average Bonchev–Trinajstić information content (AvgIpc) is 3.33. The Morgan fingerprint density at radius 2 is 0.859 bits per heavy atom. The van der Waals surface area contributed by atoms with Crippen LogP contribution < -0.4 is 10.2 Å². The van der Waals surface area contributed by atoms with Gasteiger partial charge in [0.25, 0.3) is 7.82 Å². The monoisotopic (exact) mass is 1010 g/mol. The minimum Gasteiger partial charge on any atom is -0.756 e. The van der Waals surface area contributed by atoms with E-state index in [4.69, 9.17) is 9.05 Å². The second-order valence-corrected chi connectivity index (χ2v) is 22.7. The van der Waals surface area contributed by atoms with Crippen molar-refractivity contribution in [1.82, 2.24) is 5.32 Å². The average molecular weight is 1020 g/mol. The minimum absolute atomic E-state index is 0.00486. The van der Waals surface area contributed by atoms with Crippen molar-refractivity contribution in [2.75, 3.05) is 40.9 Å². The molecule has 3 atom stereocenters. The summed E-state index contributed by atoms with van der Waals surface area (Å²) in [4.78, 5) is 25.5. The third-order valence-electron chi connectivity index (χ3n) is 13.2. The summed E-state index contributed by atoms with van der Waals surface area (Å²) in [5.74, 6) is -0.204. The van der Waals surface area contributed by atoms with Crippen LogP contribution in [0.3, 0.4) is 0 Å². The van der Waals surface area contributed by atoms with Crippen molar-refractivity contribution in [2.45, 2.75) is 276 Å². The molecule has 9 heteroatoms. The molecule has 0 aromatic rings. The fourth-order valence-corrected chi connectivity index (χ4v) is 9.26. The molecule has 8 nitrogen and oxygen atoms in total. The van der Waals surface area contributed by atoms with E-state index in [9.17, 15) is 19.4 Å². The molecular weight excluding hydrogens is 900 g/mol. The maximum Gasteiger partial charge on any atom is 0.268 e. The Bertz CT molecular complexity index is 1380. The molecule has 0 heterocycles. The van der Waals surface area contributed by atoms with Gasteiger partial charge < -0.3 is 28.8 Å². The third-order valence-corrected chi connectivity index (χ3v) is 14.1. The lowest BCUT2D eigenvalue weighted by molar-refractivity contribution is -0.870. The smallest absolute Gasteiger partial charge is 0.268 e. The predicted molar refractivity (Wildman–Crippen MR) is 307 cm³/mol. The van der Waals surface area contributed by atoms with Gasteiger partial charge in [0.1, 0.15) is 13.2 Å². The molecule has 0 spiro atoms. The molecule has 0 aliphatic heterocycles. The van der Waals surface area contributed by atoms with Gasteiger partial charge >= 0.3 is 0 Å². The van der Waals surface area contributed by atoms with Crippen molar-refractivity contribution in [3.8, 4) is 0 Å². The molecule has 0 rings (SSSR count). The van der Waals surface area contributed by atoms with E-state index in [1.165, 1.54) is 167 Å². The number of hydrogen-bond donors (Lipinski definition) is 2. The van der Waals surface area contributed by atoms with Gasteiger partial charge in [-0.05, 0) is 64.2 Å². The van der Waals surface area contributed by atoms with Crippen LogP contribution in [0.1, 0.15) is 264 Å². The van der Waals surface area contributed by atoms with Crippen molar-refractivity contribution in [3.63, 3.8) is 0 Å². The van der Waals surface area contributed by atoms with Gasteiger partial charge in [0.15, 0.2) is 0 Å². The molecule has 0 bridgehead atoms. The number of aliphatic hydroxyl groups excluding tert-OH is 1. The number of nitrogens with one attached hydrogen (secondary N) is 1. The molecule has 0 aromatic heterocycles. The summed E-state index contributed by atoms with van der Waals surface area (Å²) in [5, 5.41) is 13.9. The Hall–Kier alpha value is -2.06. The highest BCUT2D eigenvalue weighted by Crippen LogP contribution is 2.38. The first kappa shape index (κ1) is 68.9. The Kier molecular flexibility index (Phi) is 51.3. The summed E-state index contributed by atoms with van der Waals surface area (Å²) in [5.41, 5.74) is 0. The SMILES string of the molecule is CC/C=C\C/C=C\C/C=C\C/C=C\C/C=C\CCCCCCCCCCCC(=O)NC(COP(=O)([O-])OCC[N+](C)(C)C)C(O)/C=C/CCCCCCCCCCCCCCCCCCCCCCCC. The molecule has 2 N–H and O–H groups in total. The highest BCUT2D eigenvalue weighted by atomic mass is 31.2. The number of unbranched alkanes of at least 4 members (excludes halogenated alkanes) is 31. The number of carbonyl (C=O) groups is 1. The summed E-state index contributed by atoms with van der Waals surface area (Å²) in [6.07, 6.45) is 72.6. The van der Waals surface area contributed by atoms with Crippen molar-refractivity contribution in [3.05, 3.63) is 72.9 Å². The van der Waals surface area contributed by atoms with Crippen molar-refractivity contribution in [1.29, 1.82) is 0 Å². The molecule has 0 aliphatic carbocycles. The number of allylic oxidation sites excluding steroid dienone is 11. The highest BCUT2D eigenvalue weighted by molar-refractivity contribution is 7.45. The van der Waals surface area contributed by atoms with E-state index in [2.05, 4.69) is 79.9 Å². The molecule has 1 amide bonds. The van der Waals surface area contributed by atoms with E-state index < -0.39 is 20.0 Å². The second-order valence-electron chi connectivity index (χ2n) is 21.3. The fraction of sp³-hybridized carbons (Fsp3) is 0.790. The minimum atomic E-state index is -4.60. The number of nitrogens with zero attached hydrogens (tertiary/aromatic N) is 1. The Balaban J connectivity index is 4.23. The molecule has 0 aromatic carbocycles. The molecule has 71 heavy (non-hydrogen) atoms. The largest absolute Gasteiger partial charge is 0.756 e. The number of carbonyl (C=O) groups excluding carboxylic acids is 1. The zero-order valence-electron chi connectivity index (χ0n) is 47.2. The first-order valence-corrected chi connectivity index (χ1v) is 31.3. The molecule has 0 radical (unpaired) electrons. The molecular formula is C62H115N2O6P. The van der Waals surface area contributed by atoms with E-state index in [0.29, 0.717) is 17.4 Å². The summed E-state index contributed by atoms with van der Waals surface area (Å²) < 4.78 is 23.4. The van der Waals surface area contributed by atoms with Crippen LogP contribution in [0, 0.1) is 0 Å². The Morgan fingerprint density at radius 3 is 1.25 bits per heavy atom. The van der Waals surface area contributed by atoms with E-state index in [1.807, 2.05) is 27.2 Å². The molecule has 0 aliphatic rings. The fourth-order valence-electron chi connectivity index (χ4n) is 8.53. The summed E-state index contributed by atoms with van der Waals surface area (Å²) in [6.45, 7) is 4.55. The van der Waals surface area contributed by atoms with Gasteiger partial charge in [-0.3, -0.25) is 9.36 Å². The molecule has 0 saturated carbocycles. The normalized spacial score (nSPS) is 14.4. The van der Waals surface area contributed by atoms with E-state index in [0.717, 1.165) is 77.0 Å². The lowest BCUT2D eigenvalue weighted by Crippen LogP contribution is -2.45. The number of hydrogen-bond acceptors (Lipinski definition) is 6. The van der Waals surface area contributed by atoms with Gasteiger partial charge in [0.05, 0.1) is 39.9 Å². The van der Waals surface area contributed by atoms with Gasteiger partial charge in [-0.2, -0.15) is 0 Å². The van der Waals surface area contributed by atoms with Crippen molar-refractivity contribution >= 4 is 13.7 Å². The van der Waals surface area contributed by atoms with Gasteiger partial charge in [-0.1, -0.05) is 267 Å². The zero-order chi connectivity index (χ0) is 52.0. The first-order valence-electron chi connectivity index (χ1n) is 29.8. The van der Waals surface area contributed by atoms with Gasteiger partial charge in [0.2, 0.25) is 5.91 Å². The predicted octanol–water partition coefficient (Wildman–Crippen LogP) is 17.6. The van der Waals surface area contributed by atoms with Crippen LogP contribution in [0.5, 0.6) is 0 Å². The van der Waals surface area contributed by atoms with Crippen LogP contribution in [0.2, 0.25) is 0 Å². The maximum atomic E-state index is 13.0. The highest BCUT2D eigenvalue weighted by Gasteiger charge is 2.23. The van der Waals surface area contributed by atoms with Crippen molar-refractivity contribution < 1.29 is 32.9 Å². The van der Waals surface area contributed by atoms with Crippen LogP contribution in [0.4, 0.5) is 0 Å². The summed E-state index contributed by atoms with van der Waals surface area (Å²) >= 11 is 0. The third kappa shape index (κ3) is 55.5. The van der Waals surface area contributed by atoms with Crippen LogP contribution in [-0.4, -0.2) is 68.5 Å². The number of rotatable bonds is 54. The number of amides is 1. The van der Waals surface area contributed by atoms with Gasteiger partial charge in [0, 0.05) is 6.42 Å². The van der Waals surface area contributed by atoms with E-state index in [-0.39, 0.29) is 19.1 Å². The standard InChI is InChI=1S/C62H115N2O6P/c1-6-8-10-12-14-16-18-20-22-24-26-28-30-32-34-36-38-40-42-44-46-48-50-52-54-56-62(66)63-60(59-70-71(67,68)69-58-57-64(3,4)5)61(65)55-53-51-49-47-45-43-41-39-37-35-33-31-29-27-25-23-21-19-17-15-13-11-9-7-2/h8,10,14,16,20,22,26,28,32,34,53,55,60-61,65H,6-7,9,11-13,15,17-19,21,23-25,27,29-31,33,35-52,54,56-59H2,1-5H3,(H-,63,66,67,68)/b10-8-,16-14-,22-20-,28-26-,34-32-,55-53+. The number of phosphoric ester groups is 1. The maximum absolute atomic E-state index is 13.0. The number of likely N-dealkylation sites (N-methyl/N-ethyl adjacent to an activating group) is 1. The van der Waals surface area contributed by atoms with Crippen LogP contribution in [-0.2, 0) is 18.4 Å². The van der Waals surface area contributed by atoms with E-state index in [1.54, 1.807) is 6.08 Å². The first-order chi connectivity index (χ1) is 34.5. The van der Waals surface area contributed by atoms with E-state index >= 15 is 0 Å². The van der Waals surface area contributed by atoms with Crippen LogP contribution in [0.15, 0.2) is 72.9 Å². The quantitative estimate of drug-likeness (QED) is 0.0272. The van der Waals surface area contributed by atoms with Gasteiger partial charge in [-0.15, -0.1) is 0 Å².